The maximum Gasteiger partial charge on any atom is 0.244 e. The van der Waals surface area contributed by atoms with Crippen LogP contribution in [0.5, 0.6) is 5.75 Å². The summed E-state index contributed by atoms with van der Waals surface area (Å²) in [7, 11) is 3.55. The summed E-state index contributed by atoms with van der Waals surface area (Å²) in [6, 6.07) is 14.8. The van der Waals surface area contributed by atoms with Gasteiger partial charge < -0.3 is 14.1 Å². The molecule has 0 spiro atoms. The first kappa shape index (κ1) is 19.5. The summed E-state index contributed by atoms with van der Waals surface area (Å²) in [4.78, 5) is 21.0. The van der Waals surface area contributed by atoms with Gasteiger partial charge in [-0.25, -0.2) is 4.98 Å². The third kappa shape index (κ3) is 3.99. The Balaban J connectivity index is 1.43. The number of benzene rings is 2. The molecule has 4 rings (SSSR count). The molecule has 0 radical (unpaired) electrons. The molecule has 1 fully saturated rings. The van der Waals surface area contributed by atoms with Gasteiger partial charge in [0.1, 0.15) is 5.75 Å². The Kier molecular flexibility index (Phi) is 5.56. The third-order valence-corrected chi connectivity index (χ3v) is 5.48. The summed E-state index contributed by atoms with van der Waals surface area (Å²) in [5.41, 5.74) is 1.68. The molecule has 0 bridgehead atoms. The van der Waals surface area contributed by atoms with Crippen molar-refractivity contribution < 1.29 is 13.9 Å². The van der Waals surface area contributed by atoms with E-state index < -0.39 is 0 Å². The van der Waals surface area contributed by atoms with Crippen molar-refractivity contribution in [2.24, 2.45) is 0 Å². The van der Waals surface area contributed by atoms with E-state index in [1.807, 2.05) is 54.4 Å². The highest BCUT2D eigenvalue weighted by molar-refractivity contribution is 6.33. The Morgan fingerprint density at radius 2 is 2.00 bits per heavy atom. The van der Waals surface area contributed by atoms with Crippen LogP contribution in [0.4, 0.5) is 5.69 Å². The van der Waals surface area contributed by atoms with Crippen molar-refractivity contribution in [3.63, 3.8) is 0 Å². The maximum atomic E-state index is 12.9. The molecule has 2 aromatic carbocycles. The van der Waals surface area contributed by atoms with E-state index >= 15 is 0 Å². The second-order valence-electron chi connectivity index (χ2n) is 7.01. The van der Waals surface area contributed by atoms with Crippen molar-refractivity contribution in [1.29, 1.82) is 0 Å². The number of hydrogen-bond donors (Lipinski definition) is 0. The highest BCUT2D eigenvalue weighted by Crippen LogP contribution is 2.31. The van der Waals surface area contributed by atoms with Crippen LogP contribution < -0.4 is 9.64 Å². The number of halogens is 1. The zero-order chi connectivity index (χ0) is 20.4. The van der Waals surface area contributed by atoms with Gasteiger partial charge in [-0.15, -0.1) is 0 Å². The van der Waals surface area contributed by atoms with Gasteiger partial charge in [-0.05, 0) is 49.9 Å². The van der Waals surface area contributed by atoms with Crippen LogP contribution in [0.2, 0.25) is 5.02 Å². The fourth-order valence-corrected chi connectivity index (χ4v) is 3.82. The quantitative estimate of drug-likeness (QED) is 0.607. The number of carbonyl (C=O) groups is 1. The van der Waals surface area contributed by atoms with E-state index in [1.165, 1.54) is 0 Å². The zero-order valence-corrected chi connectivity index (χ0v) is 17.1. The van der Waals surface area contributed by atoms with E-state index in [1.54, 1.807) is 24.3 Å². The minimum atomic E-state index is -0.234. The van der Waals surface area contributed by atoms with E-state index in [9.17, 15) is 4.79 Å². The van der Waals surface area contributed by atoms with Crippen LogP contribution in [0, 0.1) is 0 Å². The molecule has 0 N–H and O–H groups in total. The lowest BCUT2D eigenvalue weighted by Gasteiger charge is -2.23. The predicted molar refractivity (Wildman–Crippen MR) is 112 cm³/mol. The zero-order valence-electron chi connectivity index (χ0n) is 16.3. The SMILES string of the molecule is COc1ccc(-c2cnc(CN(C)C3CCN(c4ccccc4Cl)C3=O)o2)cc1. The summed E-state index contributed by atoms with van der Waals surface area (Å²) in [6.45, 7) is 1.09. The summed E-state index contributed by atoms with van der Waals surface area (Å²) in [5, 5.41) is 0.584. The molecule has 0 saturated carbocycles. The first-order valence-electron chi connectivity index (χ1n) is 9.42. The van der Waals surface area contributed by atoms with Crippen molar-refractivity contribution in [2.75, 3.05) is 25.6 Å². The minimum absolute atomic E-state index is 0.0440. The fraction of sp³-hybridized carbons (Fsp3) is 0.273. The third-order valence-electron chi connectivity index (χ3n) is 5.17. The number of oxazole rings is 1. The first-order chi connectivity index (χ1) is 14.1. The topological polar surface area (TPSA) is 58.8 Å². The van der Waals surface area contributed by atoms with Crippen molar-refractivity contribution in [3.05, 3.63) is 65.6 Å². The number of hydrogen-bond acceptors (Lipinski definition) is 5. The van der Waals surface area contributed by atoms with Gasteiger partial charge in [0.2, 0.25) is 11.8 Å². The molecule has 0 aliphatic carbocycles. The Morgan fingerprint density at radius 1 is 1.24 bits per heavy atom. The number of rotatable bonds is 6. The van der Waals surface area contributed by atoms with E-state index in [4.69, 9.17) is 20.8 Å². The standard InChI is InChI=1S/C22H22ClN3O3/c1-25(19-11-12-26(22(19)27)18-6-4-3-5-17(18)23)14-21-24-13-20(29-21)15-7-9-16(28-2)10-8-15/h3-10,13,19H,11-12,14H2,1-2H3. The number of anilines is 1. The summed E-state index contributed by atoms with van der Waals surface area (Å²) in [5.74, 6) is 2.09. The highest BCUT2D eigenvalue weighted by atomic mass is 35.5. The average Bonchev–Trinajstić information content (AvgIpc) is 3.35. The molecule has 1 amide bonds. The number of amides is 1. The van der Waals surface area contributed by atoms with Crippen LogP contribution in [0.25, 0.3) is 11.3 Å². The van der Waals surface area contributed by atoms with Gasteiger partial charge in [-0.3, -0.25) is 9.69 Å². The van der Waals surface area contributed by atoms with E-state index in [-0.39, 0.29) is 11.9 Å². The molecule has 2 heterocycles. The summed E-state index contributed by atoms with van der Waals surface area (Å²) < 4.78 is 11.1. The highest BCUT2D eigenvalue weighted by Gasteiger charge is 2.36. The number of methoxy groups -OCH3 is 1. The fourth-order valence-electron chi connectivity index (χ4n) is 3.58. The molecule has 1 aliphatic rings. The lowest BCUT2D eigenvalue weighted by Crippen LogP contribution is -2.39. The van der Waals surface area contributed by atoms with Crippen LogP contribution >= 0.6 is 11.6 Å². The van der Waals surface area contributed by atoms with Gasteiger partial charge in [0.15, 0.2) is 5.76 Å². The van der Waals surface area contributed by atoms with Crippen LogP contribution in [-0.2, 0) is 11.3 Å². The van der Waals surface area contributed by atoms with Crippen LogP contribution in [0.3, 0.4) is 0 Å². The minimum Gasteiger partial charge on any atom is -0.497 e. The molecule has 1 saturated heterocycles. The van der Waals surface area contributed by atoms with Gasteiger partial charge in [0.25, 0.3) is 0 Å². The maximum absolute atomic E-state index is 12.9. The molecule has 1 atom stereocenters. The number of likely N-dealkylation sites (N-methyl/N-ethyl adjacent to an activating group) is 1. The molecule has 3 aromatic rings. The van der Waals surface area contributed by atoms with Gasteiger partial charge in [0, 0.05) is 12.1 Å². The number of carbonyl (C=O) groups excluding carboxylic acids is 1. The first-order valence-corrected chi connectivity index (χ1v) is 9.80. The lowest BCUT2D eigenvalue weighted by atomic mass is 10.2. The largest absolute Gasteiger partial charge is 0.497 e. The molecule has 6 nitrogen and oxygen atoms in total. The van der Waals surface area contributed by atoms with Crippen LogP contribution in [0.15, 0.2) is 59.1 Å². The molecule has 150 valence electrons. The molecule has 1 unspecified atom stereocenters. The average molecular weight is 412 g/mol. The Morgan fingerprint density at radius 3 is 2.72 bits per heavy atom. The Hall–Kier alpha value is -2.83. The Labute approximate surface area is 174 Å². The smallest absolute Gasteiger partial charge is 0.244 e. The molecular weight excluding hydrogens is 390 g/mol. The van der Waals surface area contributed by atoms with E-state index in [2.05, 4.69) is 4.98 Å². The second-order valence-corrected chi connectivity index (χ2v) is 7.41. The normalized spacial score (nSPS) is 16.6. The monoisotopic (exact) mass is 411 g/mol. The van der Waals surface area contributed by atoms with E-state index in [0.717, 1.165) is 23.4 Å². The predicted octanol–water partition coefficient (Wildman–Crippen LogP) is 4.24. The molecular formula is C22H22ClN3O3. The molecule has 1 aromatic heterocycles. The van der Waals surface area contributed by atoms with Gasteiger partial charge in [0.05, 0.1) is 36.6 Å². The second kappa shape index (κ2) is 8.27. The van der Waals surface area contributed by atoms with Crippen molar-refractivity contribution in [2.45, 2.75) is 19.0 Å². The van der Waals surface area contributed by atoms with Crippen LogP contribution in [-0.4, -0.2) is 42.5 Å². The lowest BCUT2D eigenvalue weighted by molar-refractivity contribution is -0.121. The Bertz CT molecular complexity index is 1000. The van der Waals surface area contributed by atoms with E-state index in [0.29, 0.717) is 29.8 Å². The number of para-hydroxylation sites is 1. The van der Waals surface area contributed by atoms with Crippen molar-refractivity contribution >= 4 is 23.2 Å². The van der Waals surface area contributed by atoms with Gasteiger partial charge in [-0.1, -0.05) is 23.7 Å². The number of ether oxygens (including phenoxy) is 1. The molecule has 1 aliphatic heterocycles. The van der Waals surface area contributed by atoms with Crippen molar-refractivity contribution in [3.8, 4) is 17.1 Å². The van der Waals surface area contributed by atoms with Crippen molar-refractivity contribution in [1.82, 2.24) is 9.88 Å². The number of nitrogens with zero attached hydrogens (tertiary/aromatic N) is 3. The van der Waals surface area contributed by atoms with Crippen LogP contribution in [0.1, 0.15) is 12.3 Å². The molecule has 29 heavy (non-hydrogen) atoms. The molecule has 7 heteroatoms. The summed E-state index contributed by atoms with van der Waals surface area (Å²) >= 11 is 6.27. The summed E-state index contributed by atoms with van der Waals surface area (Å²) in [6.07, 6.45) is 2.43. The van der Waals surface area contributed by atoms with Gasteiger partial charge >= 0.3 is 0 Å². The van der Waals surface area contributed by atoms with Gasteiger partial charge in [-0.2, -0.15) is 0 Å². The number of aromatic nitrogens is 1.